The van der Waals surface area contributed by atoms with Crippen LogP contribution in [0.15, 0.2) is 42.9 Å². The molecule has 2 aromatic heterocycles. The second-order valence-corrected chi connectivity index (χ2v) is 6.80. The number of hydrogen-bond acceptors (Lipinski definition) is 3. The third kappa shape index (κ3) is 4.03. The number of carbonyl (C=O) groups excluding carboxylic acids is 1. The predicted octanol–water partition coefficient (Wildman–Crippen LogP) is 2.86. The molecular formula is C19H26N4O. The standard InChI is InChI=1S/C19H26N4O/c1-15(2)23-11-5-8-18(23)19(24)21-17-7-4-10-22(14-17)13-16-6-3-9-20-12-16/h3,5-6,8-9,11-12,15,17H,4,7,10,13-14H2,1-2H3,(H,21,24)/t17-/m0/s1. The Morgan fingerprint density at radius 1 is 1.38 bits per heavy atom. The van der Waals surface area contributed by atoms with Crippen LogP contribution in [0.25, 0.3) is 0 Å². The van der Waals surface area contributed by atoms with E-state index in [0.717, 1.165) is 38.2 Å². The van der Waals surface area contributed by atoms with Gasteiger partial charge in [0, 0.05) is 43.8 Å². The Hall–Kier alpha value is -2.14. The van der Waals surface area contributed by atoms with Gasteiger partial charge < -0.3 is 9.88 Å². The van der Waals surface area contributed by atoms with E-state index in [4.69, 9.17) is 0 Å². The highest BCUT2D eigenvalue weighted by Crippen LogP contribution is 2.15. The molecule has 1 N–H and O–H groups in total. The molecule has 1 fully saturated rings. The first-order valence-corrected chi connectivity index (χ1v) is 8.72. The quantitative estimate of drug-likeness (QED) is 0.919. The maximum Gasteiger partial charge on any atom is 0.268 e. The van der Waals surface area contributed by atoms with Crippen LogP contribution >= 0.6 is 0 Å². The average molecular weight is 326 g/mol. The molecule has 1 aliphatic heterocycles. The summed E-state index contributed by atoms with van der Waals surface area (Å²) in [5.41, 5.74) is 1.97. The Balaban J connectivity index is 1.59. The van der Waals surface area contributed by atoms with Crippen molar-refractivity contribution in [2.75, 3.05) is 13.1 Å². The molecule has 1 saturated heterocycles. The first kappa shape index (κ1) is 16.7. The van der Waals surface area contributed by atoms with Gasteiger partial charge in [0.2, 0.25) is 0 Å². The van der Waals surface area contributed by atoms with E-state index in [-0.39, 0.29) is 18.0 Å². The summed E-state index contributed by atoms with van der Waals surface area (Å²) in [6, 6.07) is 8.40. The van der Waals surface area contributed by atoms with E-state index in [1.54, 1.807) is 6.20 Å². The lowest BCUT2D eigenvalue weighted by Crippen LogP contribution is -2.47. The summed E-state index contributed by atoms with van der Waals surface area (Å²) in [6.07, 6.45) is 7.83. The third-order valence-electron chi connectivity index (χ3n) is 4.54. The molecule has 1 amide bonds. The highest BCUT2D eigenvalue weighted by atomic mass is 16.2. The van der Waals surface area contributed by atoms with Gasteiger partial charge in [0.15, 0.2) is 0 Å². The van der Waals surface area contributed by atoms with Gasteiger partial charge in [0.1, 0.15) is 5.69 Å². The van der Waals surface area contributed by atoms with E-state index in [2.05, 4.69) is 35.1 Å². The highest BCUT2D eigenvalue weighted by Gasteiger charge is 2.23. The largest absolute Gasteiger partial charge is 0.347 e. The van der Waals surface area contributed by atoms with Crippen molar-refractivity contribution >= 4 is 5.91 Å². The van der Waals surface area contributed by atoms with Crippen molar-refractivity contribution < 1.29 is 4.79 Å². The van der Waals surface area contributed by atoms with Gasteiger partial charge in [-0.2, -0.15) is 0 Å². The molecule has 0 spiro atoms. The molecule has 128 valence electrons. The smallest absolute Gasteiger partial charge is 0.268 e. The molecule has 0 radical (unpaired) electrons. The number of amides is 1. The van der Waals surface area contributed by atoms with Gasteiger partial charge in [0.05, 0.1) is 0 Å². The van der Waals surface area contributed by atoms with Crippen LogP contribution in [0.2, 0.25) is 0 Å². The molecule has 0 saturated carbocycles. The van der Waals surface area contributed by atoms with Crippen LogP contribution in [0.4, 0.5) is 0 Å². The van der Waals surface area contributed by atoms with Crippen molar-refractivity contribution in [2.24, 2.45) is 0 Å². The van der Waals surface area contributed by atoms with E-state index >= 15 is 0 Å². The molecule has 1 atom stereocenters. The average Bonchev–Trinajstić information content (AvgIpc) is 3.06. The van der Waals surface area contributed by atoms with Gasteiger partial charge in [-0.05, 0) is 57.0 Å². The van der Waals surface area contributed by atoms with Crippen molar-refractivity contribution in [1.29, 1.82) is 0 Å². The fourth-order valence-electron chi connectivity index (χ4n) is 3.36. The fourth-order valence-corrected chi connectivity index (χ4v) is 3.36. The fraction of sp³-hybridized carbons (Fsp3) is 0.474. The second-order valence-electron chi connectivity index (χ2n) is 6.80. The molecule has 0 aliphatic carbocycles. The zero-order chi connectivity index (χ0) is 16.9. The molecule has 1 aliphatic rings. The predicted molar refractivity (Wildman–Crippen MR) is 94.8 cm³/mol. The van der Waals surface area contributed by atoms with Crippen molar-refractivity contribution in [3.05, 3.63) is 54.1 Å². The minimum atomic E-state index is 0.0296. The number of nitrogens with one attached hydrogen (secondary N) is 1. The van der Waals surface area contributed by atoms with Crippen LogP contribution in [0.1, 0.15) is 48.8 Å². The molecule has 2 aromatic rings. The Labute approximate surface area is 143 Å². The number of nitrogens with zero attached hydrogens (tertiary/aromatic N) is 3. The lowest BCUT2D eigenvalue weighted by molar-refractivity contribution is 0.0890. The molecule has 0 bridgehead atoms. The summed E-state index contributed by atoms with van der Waals surface area (Å²) >= 11 is 0. The Morgan fingerprint density at radius 2 is 2.25 bits per heavy atom. The van der Waals surface area contributed by atoms with Gasteiger partial charge in [0.25, 0.3) is 5.91 Å². The molecule has 5 heteroatoms. The molecule has 5 nitrogen and oxygen atoms in total. The lowest BCUT2D eigenvalue weighted by atomic mass is 10.0. The SMILES string of the molecule is CC(C)n1cccc1C(=O)N[C@H]1CCCN(Cc2cccnc2)C1. The van der Waals surface area contributed by atoms with Gasteiger partial charge in [-0.25, -0.2) is 0 Å². The first-order chi connectivity index (χ1) is 11.6. The van der Waals surface area contributed by atoms with Crippen molar-refractivity contribution in [2.45, 2.75) is 45.3 Å². The summed E-state index contributed by atoms with van der Waals surface area (Å²) in [7, 11) is 0. The molecule has 3 heterocycles. The van der Waals surface area contributed by atoms with E-state index < -0.39 is 0 Å². The number of pyridine rings is 1. The summed E-state index contributed by atoms with van der Waals surface area (Å²) in [5.74, 6) is 0.0296. The Kier molecular flexibility index (Phi) is 5.30. The zero-order valence-corrected chi connectivity index (χ0v) is 14.5. The van der Waals surface area contributed by atoms with Crippen molar-refractivity contribution in [3.63, 3.8) is 0 Å². The number of likely N-dealkylation sites (tertiary alicyclic amines) is 1. The topological polar surface area (TPSA) is 50.2 Å². The van der Waals surface area contributed by atoms with Crippen LogP contribution in [0.3, 0.4) is 0 Å². The Morgan fingerprint density at radius 3 is 3.00 bits per heavy atom. The normalized spacial score (nSPS) is 18.7. The molecular weight excluding hydrogens is 300 g/mol. The van der Waals surface area contributed by atoms with E-state index in [1.165, 1.54) is 5.56 Å². The first-order valence-electron chi connectivity index (χ1n) is 8.72. The van der Waals surface area contributed by atoms with Gasteiger partial charge in [-0.3, -0.25) is 14.7 Å². The summed E-state index contributed by atoms with van der Waals surface area (Å²) in [4.78, 5) is 19.2. The minimum absolute atomic E-state index is 0.0296. The van der Waals surface area contributed by atoms with E-state index in [9.17, 15) is 4.79 Å². The zero-order valence-electron chi connectivity index (χ0n) is 14.5. The molecule has 24 heavy (non-hydrogen) atoms. The number of piperidine rings is 1. The van der Waals surface area contributed by atoms with Crippen LogP contribution < -0.4 is 5.32 Å². The Bertz CT molecular complexity index is 665. The number of rotatable bonds is 5. The van der Waals surface area contributed by atoms with Crippen LogP contribution in [-0.2, 0) is 6.54 Å². The van der Waals surface area contributed by atoms with Gasteiger partial charge in [-0.1, -0.05) is 6.07 Å². The maximum atomic E-state index is 12.6. The van der Waals surface area contributed by atoms with Crippen molar-refractivity contribution in [3.8, 4) is 0 Å². The van der Waals surface area contributed by atoms with Crippen LogP contribution in [0.5, 0.6) is 0 Å². The summed E-state index contributed by atoms with van der Waals surface area (Å²) in [6.45, 7) is 7.04. The summed E-state index contributed by atoms with van der Waals surface area (Å²) < 4.78 is 2.02. The van der Waals surface area contributed by atoms with Gasteiger partial charge >= 0.3 is 0 Å². The van der Waals surface area contributed by atoms with E-state index in [0.29, 0.717) is 0 Å². The highest BCUT2D eigenvalue weighted by molar-refractivity contribution is 5.93. The molecule has 0 aromatic carbocycles. The lowest BCUT2D eigenvalue weighted by Gasteiger charge is -2.33. The second kappa shape index (κ2) is 7.62. The van der Waals surface area contributed by atoms with E-state index in [1.807, 2.05) is 35.2 Å². The van der Waals surface area contributed by atoms with Crippen LogP contribution in [-0.4, -0.2) is 39.5 Å². The third-order valence-corrected chi connectivity index (χ3v) is 4.54. The monoisotopic (exact) mass is 326 g/mol. The maximum absolute atomic E-state index is 12.6. The van der Waals surface area contributed by atoms with Crippen molar-refractivity contribution in [1.82, 2.24) is 19.8 Å². The number of hydrogen-bond donors (Lipinski definition) is 1. The van der Waals surface area contributed by atoms with Crippen LogP contribution in [0, 0.1) is 0 Å². The number of aromatic nitrogens is 2. The minimum Gasteiger partial charge on any atom is -0.347 e. The molecule has 0 unspecified atom stereocenters. The summed E-state index contributed by atoms with van der Waals surface area (Å²) in [5, 5.41) is 3.22. The molecule has 3 rings (SSSR count). The van der Waals surface area contributed by atoms with Gasteiger partial charge in [-0.15, -0.1) is 0 Å². The number of carbonyl (C=O) groups is 1.